The quantitative estimate of drug-likeness (QED) is 0.713. The second-order valence-electron chi connectivity index (χ2n) is 4.61. The van der Waals surface area contributed by atoms with Gasteiger partial charge in [0.1, 0.15) is 0 Å². The van der Waals surface area contributed by atoms with E-state index in [1.54, 1.807) is 12.1 Å². The van der Waals surface area contributed by atoms with Gasteiger partial charge in [-0.05, 0) is 48.5 Å². The van der Waals surface area contributed by atoms with E-state index in [2.05, 4.69) is 21.2 Å². The van der Waals surface area contributed by atoms with Crippen molar-refractivity contribution in [1.82, 2.24) is 5.32 Å². The van der Waals surface area contributed by atoms with Crippen LogP contribution in [0.1, 0.15) is 10.4 Å². The number of halogens is 5. The van der Waals surface area contributed by atoms with Crippen LogP contribution in [0.25, 0.3) is 0 Å². The fraction of sp³-hybridized carbons (Fsp3) is 0.133. The van der Waals surface area contributed by atoms with E-state index in [1.165, 1.54) is 36.4 Å². The number of carbonyl (C=O) groups is 1. The first-order valence-corrected chi connectivity index (χ1v) is 7.58. The third-order valence-corrected chi connectivity index (χ3v) is 3.65. The summed E-state index contributed by atoms with van der Waals surface area (Å²) in [6, 6.07) is 11.7. The minimum atomic E-state index is -4.66. The molecule has 1 amide bonds. The molecule has 2 aromatic carbocycles. The first kappa shape index (κ1) is 17.6. The summed E-state index contributed by atoms with van der Waals surface area (Å²) >= 11 is 8.88. The molecule has 8 heteroatoms. The average Bonchev–Trinajstić information content (AvgIpc) is 2.48. The zero-order valence-corrected chi connectivity index (χ0v) is 13.8. The minimum Gasteiger partial charge on any atom is -0.358 e. The number of benzene rings is 2. The molecule has 122 valence electrons. The summed E-state index contributed by atoms with van der Waals surface area (Å²) in [4.78, 5) is 12.0. The first-order chi connectivity index (χ1) is 10.8. The van der Waals surface area contributed by atoms with Gasteiger partial charge in [0.25, 0.3) is 5.91 Å². The van der Waals surface area contributed by atoms with Crippen LogP contribution in [-0.2, 0) is 0 Å². The lowest BCUT2D eigenvalue weighted by Gasteiger charge is -2.23. The van der Waals surface area contributed by atoms with Gasteiger partial charge in [-0.15, -0.1) is 0 Å². The second kappa shape index (κ2) is 7.23. The molecule has 0 fully saturated rings. The lowest BCUT2D eigenvalue weighted by atomic mass is 10.2. The maximum absolute atomic E-state index is 13.1. The van der Waals surface area contributed by atoms with Crippen LogP contribution in [0.2, 0.25) is 5.02 Å². The van der Waals surface area contributed by atoms with Crippen LogP contribution in [0.4, 0.5) is 18.9 Å². The van der Waals surface area contributed by atoms with E-state index in [0.29, 0.717) is 5.02 Å². The van der Waals surface area contributed by atoms with Crippen molar-refractivity contribution >= 4 is 39.1 Å². The molecule has 0 saturated heterocycles. The third kappa shape index (κ3) is 5.14. The third-order valence-electron chi connectivity index (χ3n) is 2.86. The molecule has 0 aliphatic heterocycles. The predicted octanol–water partition coefficient (Wildman–Crippen LogP) is 4.83. The number of anilines is 1. The van der Waals surface area contributed by atoms with Crippen molar-refractivity contribution < 1.29 is 18.0 Å². The number of nitrogens with one attached hydrogen (secondary N) is 2. The van der Waals surface area contributed by atoms with Crippen molar-refractivity contribution in [3.05, 3.63) is 63.6 Å². The Labute approximate surface area is 144 Å². The fourth-order valence-corrected chi connectivity index (χ4v) is 2.12. The van der Waals surface area contributed by atoms with Crippen LogP contribution in [0.5, 0.6) is 0 Å². The normalized spacial score (nSPS) is 12.6. The van der Waals surface area contributed by atoms with E-state index >= 15 is 0 Å². The van der Waals surface area contributed by atoms with E-state index in [1.807, 2.05) is 5.32 Å². The average molecular weight is 408 g/mol. The summed E-state index contributed by atoms with van der Waals surface area (Å²) in [6.45, 7) is 0. The van der Waals surface area contributed by atoms with E-state index in [4.69, 9.17) is 11.6 Å². The largest absolute Gasteiger partial charge is 0.427 e. The molecule has 2 rings (SSSR count). The highest BCUT2D eigenvalue weighted by Crippen LogP contribution is 2.23. The van der Waals surface area contributed by atoms with Gasteiger partial charge in [-0.25, -0.2) is 0 Å². The van der Waals surface area contributed by atoms with Gasteiger partial charge in [0.15, 0.2) is 6.17 Å². The lowest BCUT2D eigenvalue weighted by Crippen LogP contribution is -2.50. The molecule has 0 spiro atoms. The van der Waals surface area contributed by atoms with Gasteiger partial charge in [-0.3, -0.25) is 4.79 Å². The molecule has 0 aromatic heterocycles. The van der Waals surface area contributed by atoms with Gasteiger partial charge in [0.05, 0.1) is 0 Å². The summed E-state index contributed by atoms with van der Waals surface area (Å²) in [7, 11) is 0. The Morgan fingerprint density at radius 1 is 1.04 bits per heavy atom. The highest BCUT2D eigenvalue weighted by molar-refractivity contribution is 9.10. The smallest absolute Gasteiger partial charge is 0.358 e. The molecule has 3 nitrogen and oxygen atoms in total. The van der Waals surface area contributed by atoms with Crippen LogP contribution in [0, 0.1) is 0 Å². The Morgan fingerprint density at radius 2 is 1.61 bits per heavy atom. The summed E-state index contributed by atoms with van der Waals surface area (Å²) in [5.41, 5.74) is 0.313. The van der Waals surface area contributed by atoms with Crippen molar-refractivity contribution in [3.8, 4) is 0 Å². The Morgan fingerprint density at radius 3 is 2.13 bits per heavy atom. The summed E-state index contributed by atoms with van der Waals surface area (Å²) < 4.78 is 40.1. The number of hydrogen-bond acceptors (Lipinski definition) is 2. The monoisotopic (exact) mass is 406 g/mol. The molecule has 1 atom stereocenters. The number of rotatable bonds is 4. The van der Waals surface area contributed by atoms with Crippen molar-refractivity contribution in [2.24, 2.45) is 0 Å². The van der Waals surface area contributed by atoms with Crippen LogP contribution in [0.15, 0.2) is 53.0 Å². The standard InChI is InChI=1S/C15H11BrClF3N2O/c16-10-3-1-9(2-4-10)13(23)22-14(15(18,19)20)21-12-7-5-11(17)6-8-12/h1-8,14,21H,(H,22,23). The molecule has 0 saturated carbocycles. The summed E-state index contributed by atoms with van der Waals surface area (Å²) in [5, 5.41) is 4.57. The Hall–Kier alpha value is -1.73. The van der Waals surface area contributed by atoms with Crippen LogP contribution in [-0.4, -0.2) is 18.2 Å². The van der Waals surface area contributed by atoms with Gasteiger partial charge in [-0.2, -0.15) is 13.2 Å². The number of amides is 1. The number of carbonyl (C=O) groups excluding carboxylic acids is 1. The first-order valence-electron chi connectivity index (χ1n) is 6.41. The Kier molecular flexibility index (Phi) is 5.54. The maximum Gasteiger partial charge on any atom is 0.427 e. The van der Waals surface area contributed by atoms with Gasteiger partial charge in [0.2, 0.25) is 0 Å². The molecule has 2 aromatic rings. The summed E-state index contributed by atoms with van der Waals surface area (Å²) in [5.74, 6) is -0.832. The van der Waals surface area contributed by atoms with Gasteiger partial charge < -0.3 is 10.6 Å². The van der Waals surface area contributed by atoms with E-state index in [-0.39, 0.29) is 11.3 Å². The van der Waals surface area contributed by atoms with Gasteiger partial charge in [-0.1, -0.05) is 27.5 Å². The van der Waals surface area contributed by atoms with Crippen molar-refractivity contribution in [2.75, 3.05) is 5.32 Å². The maximum atomic E-state index is 13.1. The fourth-order valence-electron chi connectivity index (χ4n) is 1.73. The van der Waals surface area contributed by atoms with Crippen molar-refractivity contribution in [1.29, 1.82) is 0 Å². The molecule has 0 heterocycles. The van der Waals surface area contributed by atoms with Crippen LogP contribution < -0.4 is 10.6 Å². The SMILES string of the molecule is O=C(NC(Nc1ccc(Cl)cc1)C(F)(F)F)c1ccc(Br)cc1. The molecule has 1 unspecified atom stereocenters. The Balaban J connectivity index is 2.14. The lowest BCUT2D eigenvalue weighted by molar-refractivity contribution is -0.146. The van der Waals surface area contributed by atoms with Gasteiger partial charge >= 0.3 is 6.18 Å². The van der Waals surface area contributed by atoms with E-state index in [9.17, 15) is 18.0 Å². The van der Waals surface area contributed by atoms with Crippen molar-refractivity contribution in [2.45, 2.75) is 12.3 Å². The van der Waals surface area contributed by atoms with Crippen LogP contribution in [0.3, 0.4) is 0 Å². The molecule has 0 aliphatic carbocycles. The van der Waals surface area contributed by atoms with E-state index in [0.717, 1.165) is 4.47 Å². The minimum absolute atomic E-state index is 0.125. The van der Waals surface area contributed by atoms with E-state index < -0.39 is 18.2 Å². The predicted molar refractivity (Wildman–Crippen MR) is 86.5 cm³/mol. The molecule has 2 N–H and O–H groups in total. The van der Waals surface area contributed by atoms with Gasteiger partial charge in [0, 0.05) is 20.7 Å². The topological polar surface area (TPSA) is 41.1 Å². The highest BCUT2D eigenvalue weighted by Gasteiger charge is 2.41. The molecule has 23 heavy (non-hydrogen) atoms. The molecular weight excluding hydrogens is 397 g/mol. The van der Waals surface area contributed by atoms with Crippen molar-refractivity contribution in [3.63, 3.8) is 0 Å². The second-order valence-corrected chi connectivity index (χ2v) is 5.96. The Bertz CT molecular complexity index is 675. The molecular formula is C15H11BrClF3N2O. The summed E-state index contributed by atoms with van der Waals surface area (Å²) in [6.07, 6.45) is -6.88. The molecule has 0 radical (unpaired) electrons. The molecule has 0 aliphatic rings. The molecule has 0 bridgehead atoms. The zero-order chi connectivity index (χ0) is 17.0. The number of hydrogen-bond donors (Lipinski definition) is 2. The number of alkyl halides is 3. The zero-order valence-electron chi connectivity index (χ0n) is 11.5. The highest BCUT2D eigenvalue weighted by atomic mass is 79.9. The van der Waals surface area contributed by atoms with Crippen LogP contribution >= 0.6 is 27.5 Å².